The average Bonchev–Trinajstić information content (AvgIpc) is 2.70. The quantitative estimate of drug-likeness (QED) is 0.391. The number of nitrogens with zero attached hydrogens (tertiary/aromatic N) is 2. The summed E-state index contributed by atoms with van der Waals surface area (Å²) < 4.78 is 9.65. The number of nitrogens with one attached hydrogen (secondary N) is 1. The molecule has 0 unspecified atom stereocenters. The molecule has 0 radical (unpaired) electrons. The van der Waals surface area contributed by atoms with Gasteiger partial charge < -0.3 is 15.0 Å². The summed E-state index contributed by atoms with van der Waals surface area (Å²) in [5.41, 5.74) is 5.15. The maximum atomic E-state index is 11.2. The summed E-state index contributed by atoms with van der Waals surface area (Å²) in [5, 5.41) is 10.4. The van der Waals surface area contributed by atoms with E-state index in [1.807, 2.05) is 0 Å². The number of esters is 1. The van der Waals surface area contributed by atoms with Crippen LogP contribution in [-0.4, -0.2) is 28.6 Å². The molecule has 0 bridgehead atoms. The third-order valence-electron chi connectivity index (χ3n) is 1.81. The van der Waals surface area contributed by atoms with Gasteiger partial charge >= 0.3 is 5.97 Å². The molecular formula is C9H14N4O3. The van der Waals surface area contributed by atoms with Gasteiger partial charge in [-0.15, -0.1) is 0 Å². The fraction of sp³-hybridized carbons (Fsp3) is 0.556. The van der Waals surface area contributed by atoms with Crippen LogP contribution in [0.25, 0.3) is 0 Å². The van der Waals surface area contributed by atoms with E-state index in [-0.39, 0.29) is 24.8 Å². The van der Waals surface area contributed by atoms with Crippen molar-refractivity contribution in [3.05, 3.63) is 12.2 Å². The molecule has 88 valence electrons. The summed E-state index contributed by atoms with van der Waals surface area (Å²) in [6, 6.07) is 0. The van der Waals surface area contributed by atoms with Crippen molar-refractivity contribution in [3.8, 4) is 0 Å². The minimum absolute atomic E-state index is 0.0821. The van der Waals surface area contributed by atoms with Gasteiger partial charge in [0.1, 0.15) is 6.61 Å². The molecule has 0 fully saturated rings. The van der Waals surface area contributed by atoms with Gasteiger partial charge in [-0.3, -0.25) is 10.2 Å². The molecule has 0 saturated heterocycles. The van der Waals surface area contributed by atoms with Crippen molar-refractivity contribution >= 4 is 11.8 Å². The molecule has 0 aliphatic rings. The normalized spacial score (nSPS) is 10.0. The van der Waals surface area contributed by atoms with E-state index < -0.39 is 0 Å². The molecule has 16 heavy (non-hydrogen) atoms. The summed E-state index contributed by atoms with van der Waals surface area (Å²) in [4.78, 5) is 14.9. The smallest absolute Gasteiger partial charge is 0.305 e. The van der Waals surface area contributed by atoms with Crippen LogP contribution in [0, 0.1) is 5.41 Å². The minimum atomic E-state index is -0.305. The molecule has 0 aliphatic carbocycles. The highest BCUT2D eigenvalue weighted by Gasteiger charge is 2.05. The highest BCUT2D eigenvalue weighted by molar-refractivity contribution is 5.77. The van der Waals surface area contributed by atoms with Crippen LogP contribution in [0.15, 0.2) is 10.9 Å². The Morgan fingerprint density at radius 1 is 1.56 bits per heavy atom. The second-order valence-corrected chi connectivity index (χ2v) is 3.18. The highest BCUT2D eigenvalue weighted by atomic mass is 16.5. The van der Waals surface area contributed by atoms with Crippen molar-refractivity contribution in [2.75, 3.05) is 6.61 Å². The lowest BCUT2D eigenvalue weighted by Gasteiger charge is -2.02. The average molecular weight is 226 g/mol. The zero-order valence-electron chi connectivity index (χ0n) is 8.81. The van der Waals surface area contributed by atoms with Crippen LogP contribution in [0.4, 0.5) is 0 Å². The Balaban J connectivity index is 2.04. The summed E-state index contributed by atoms with van der Waals surface area (Å²) in [7, 11) is 0. The van der Waals surface area contributed by atoms with Crippen LogP contribution in [0.2, 0.25) is 0 Å². The predicted molar refractivity (Wildman–Crippen MR) is 54.7 cm³/mol. The molecule has 3 N–H and O–H groups in total. The molecular weight excluding hydrogens is 212 g/mol. The minimum Gasteiger partial charge on any atom is -0.465 e. The number of amidine groups is 1. The number of ether oxygens (including phenoxy) is 1. The van der Waals surface area contributed by atoms with Gasteiger partial charge in [-0.05, 0) is 6.42 Å². The summed E-state index contributed by atoms with van der Waals surface area (Å²) in [5.74, 6) is 0.218. The van der Waals surface area contributed by atoms with E-state index in [0.717, 1.165) is 0 Å². The number of nitrogens with two attached hydrogens (primary N) is 1. The number of carbonyl (C=O) groups is 1. The molecule has 0 spiro atoms. The number of hydrogen-bond donors (Lipinski definition) is 2. The Labute approximate surface area is 92.5 Å². The molecule has 7 nitrogen and oxygen atoms in total. The van der Waals surface area contributed by atoms with Crippen LogP contribution >= 0.6 is 0 Å². The molecule has 1 heterocycles. The first kappa shape index (κ1) is 12.2. The van der Waals surface area contributed by atoms with Gasteiger partial charge in [0.15, 0.2) is 6.33 Å². The first-order valence-electron chi connectivity index (χ1n) is 4.92. The van der Waals surface area contributed by atoms with Gasteiger partial charge in [-0.1, -0.05) is 5.16 Å². The highest BCUT2D eigenvalue weighted by Crippen LogP contribution is 1.99. The Kier molecular flexibility index (Phi) is 4.97. The third kappa shape index (κ3) is 5.08. The second kappa shape index (κ2) is 6.54. The van der Waals surface area contributed by atoms with Crippen molar-refractivity contribution in [3.63, 3.8) is 0 Å². The van der Waals surface area contributed by atoms with Gasteiger partial charge in [0.05, 0.1) is 12.3 Å². The van der Waals surface area contributed by atoms with Crippen molar-refractivity contribution in [2.24, 2.45) is 5.73 Å². The molecule has 1 aromatic heterocycles. The van der Waals surface area contributed by atoms with E-state index in [1.54, 1.807) is 0 Å². The summed E-state index contributed by atoms with van der Waals surface area (Å²) in [6.07, 6.45) is 2.93. The Hall–Kier alpha value is -1.92. The zero-order chi connectivity index (χ0) is 11.8. The lowest BCUT2D eigenvalue weighted by Crippen LogP contribution is -2.12. The van der Waals surface area contributed by atoms with Gasteiger partial charge in [-0.2, -0.15) is 4.98 Å². The van der Waals surface area contributed by atoms with Gasteiger partial charge in [0, 0.05) is 12.8 Å². The number of hydrogen-bond acceptors (Lipinski definition) is 6. The molecule has 0 saturated carbocycles. The number of carbonyl (C=O) groups excluding carboxylic acids is 1. The van der Waals surface area contributed by atoms with E-state index >= 15 is 0 Å². The number of aromatic nitrogens is 2. The molecule has 0 atom stereocenters. The van der Waals surface area contributed by atoms with E-state index in [0.29, 0.717) is 25.2 Å². The topological polar surface area (TPSA) is 115 Å². The zero-order valence-corrected chi connectivity index (χ0v) is 8.81. The largest absolute Gasteiger partial charge is 0.465 e. The van der Waals surface area contributed by atoms with E-state index in [4.69, 9.17) is 20.4 Å². The second-order valence-electron chi connectivity index (χ2n) is 3.18. The summed E-state index contributed by atoms with van der Waals surface area (Å²) in [6.45, 7) is 0.223. The monoisotopic (exact) mass is 226 g/mol. The van der Waals surface area contributed by atoms with Crippen LogP contribution in [0.3, 0.4) is 0 Å². The van der Waals surface area contributed by atoms with Crippen molar-refractivity contribution < 1.29 is 14.1 Å². The Bertz CT molecular complexity index is 337. The Morgan fingerprint density at radius 3 is 3.00 bits per heavy atom. The third-order valence-corrected chi connectivity index (χ3v) is 1.81. The fourth-order valence-electron chi connectivity index (χ4n) is 1.05. The maximum Gasteiger partial charge on any atom is 0.305 e. The molecule has 0 aliphatic heterocycles. The first-order chi connectivity index (χ1) is 7.68. The molecule has 0 aromatic carbocycles. The van der Waals surface area contributed by atoms with Crippen molar-refractivity contribution in [2.45, 2.75) is 25.7 Å². The van der Waals surface area contributed by atoms with Crippen LogP contribution in [0.1, 0.15) is 25.2 Å². The molecule has 1 rings (SSSR count). The van der Waals surface area contributed by atoms with Crippen LogP contribution in [-0.2, 0) is 16.0 Å². The molecule has 0 amide bonds. The van der Waals surface area contributed by atoms with Crippen LogP contribution < -0.4 is 5.73 Å². The van der Waals surface area contributed by atoms with E-state index in [1.165, 1.54) is 6.33 Å². The summed E-state index contributed by atoms with van der Waals surface area (Å²) >= 11 is 0. The predicted octanol–water partition coefficient (Wildman–Crippen LogP) is 0.262. The van der Waals surface area contributed by atoms with Gasteiger partial charge in [0.2, 0.25) is 5.89 Å². The molecule has 1 aromatic rings. The van der Waals surface area contributed by atoms with E-state index in [2.05, 4.69) is 10.1 Å². The Morgan fingerprint density at radius 2 is 2.38 bits per heavy atom. The lowest BCUT2D eigenvalue weighted by atomic mass is 10.2. The first-order valence-corrected chi connectivity index (χ1v) is 4.92. The van der Waals surface area contributed by atoms with Gasteiger partial charge in [-0.25, -0.2) is 0 Å². The van der Waals surface area contributed by atoms with Crippen molar-refractivity contribution in [1.82, 2.24) is 10.1 Å². The maximum absolute atomic E-state index is 11.2. The van der Waals surface area contributed by atoms with Gasteiger partial charge in [0.25, 0.3) is 0 Å². The lowest BCUT2D eigenvalue weighted by molar-refractivity contribution is -0.143. The number of rotatable bonds is 7. The van der Waals surface area contributed by atoms with E-state index in [9.17, 15) is 4.79 Å². The fourth-order valence-corrected chi connectivity index (χ4v) is 1.05. The van der Waals surface area contributed by atoms with Crippen LogP contribution in [0.5, 0.6) is 0 Å². The molecule has 7 heteroatoms. The SMILES string of the molecule is N=C(N)CCCC(=O)OCCc1ncno1. The standard InChI is InChI=1S/C9H14N4O3/c10-7(11)2-1-3-9(14)15-5-4-8-12-6-13-16-8/h6H,1-5H2,(H3,10,11). The van der Waals surface area contributed by atoms with Crippen molar-refractivity contribution in [1.29, 1.82) is 5.41 Å².